The van der Waals surface area contributed by atoms with Crippen LogP contribution < -0.4 is 11.1 Å². The van der Waals surface area contributed by atoms with Crippen LogP contribution in [0.3, 0.4) is 0 Å². The third-order valence-electron chi connectivity index (χ3n) is 4.22. The molecule has 1 saturated carbocycles. The van der Waals surface area contributed by atoms with Crippen LogP contribution in [0.15, 0.2) is 0 Å². The van der Waals surface area contributed by atoms with Gasteiger partial charge in [0.25, 0.3) is 0 Å². The predicted molar refractivity (Wildman–Crippen MR) is 73.6 cm³/mol. The van der Waals surface area contributed by atoms with E-state index in [0.717, 1.165) is 32.1 Å². The molecule has 1 fully saturated rings. The number of hydrogen-bond donors (Lipinski definition) is 3. The first-order valence-electron chi connectivity index (χ1n) is 7.26. The summed E-state index contributed by atoms with van der Waals surface area (Å²) in [6.45, 7) is 3.93. The number of hydrogen-bond acceptors (Lipinski definition) is 3. The van der Waals surface area contributed by atoms with Crippen molar-refractivity contribution in [3.8, 4) is 0 Å². The molecule has 0 aliphatic heterocycles. The van der Waals surface area contributed by atoms with Gasteiger partial charge in [0.05, 0.1) is 12.0 Å². The molecular formula is C14H26N2O3. The van der Waals surface area contributed by atoms with E-state index in [4.69, 9.17) is 5.73 Å². The molecule has 0 bridgehead atoms. The second-order valence-corrected chi connectivity index (χ2v) is 5.61. The molecule has 1 amide bonds. The van der Waals surface area contributed by atoms with Crippen LogP contribution in [0.25, 0.3) is 0 Å². The molecule has 4 atom stereocenters. The molecule has 110 valence electrons. The van der Waals surface area contributed by atoms with Gasteiger partial charge in [-0.1, -0.05) is 39.5 Å². The Morgan fingerprint density at radius 1 is 1.32 bits per heavy atom. The van der Waals surface area contributed by atoms with Crippen LogP contribution in [0.5, 0.6) is 0 Å². The number of aliphatic carboxylic acids is 1. The van der Waals surface area contributed by atoms with Crippen molar-refractivity contribution in [1.29, 1.82) is 0 Å². The Balaban J connectivity index is 2.65. The van der Waals surface area contributed by atoms with Crippen LogP contribution in [0, 0.1) is 11.8 Å². The number of nitrogens with two attached hydrogens (primary N) is 1. The highest BCUT2D eigenvalue weighted by atomic mass is 16.4. The van der Waals surface area contributed by atoms with Gasteiger partial charge in [-0.05, 0) is 18.8 Å². The maximum Gasteiger partial charge on any atom is 0.308 e. The van der Waals surface area contributed by atoms with E-state index in [2.05, 4.69) is 5.32 Å². The van der Waals surface area contributed by atoms with E-state index in [-0.39, 0.29) is 17.9 Å². The van der Waals surface area contributed by atoms with Crippen molar-refractivity contribution >= 4 is 11.9 Å². The Hall–Kier alpha value is -1.10. The number of carbonyl (C=O) groups excluding carboxylic acids is 1. The smallest absolute Gasteiger partial charge is 0.308 e. The van der Waals surface area contributed by atoms with Crippen molar-refractivity contribution in [2.24, 2.45) is 17.6 Å². The minimum atomic E-state index is -0.815. The number of carboxylic acid groups (broad SMARTS) is 1. The molecular weight excluding hydrogens is 244 g/mol. The van der Waals surface area contributed by atoms with Gasteiger partial charge in [-0.25, -0.2) is 0 Å². The number of amides is 1. The third-order valence-corrected chi connectivity index (χ3v) is 4.22. The molecule has 4 N–H and O–H groups in total. The Morgan fingerprint density at radius 3 is 2.53 bits per heavy atom. The third kappa shape index (κ3) is 4.49. The van der Waals surface area contributed by atoms with Gasteiger partial charge >= 0.3 is 5.97 Å². The first-order valence-corrected chi connectivity index (χ1v) is 7.26. The topological polar surface area (TPSA) is 92.4 Å². The average Bonchev–Trinajstić information content (AvgIpc) is 2.62. The quantitative estimate of drug-likeness (QED) is 0.660. The highest BCUT2D eigenvalue weighted by molar-refractivity contribution is 5.83. The summed E-state index contributed by atoms with van der Waals surface area (Å²) in [6.07, 6.45) is 5.12. The van der Waals surface area contributed by atoms with Crippen molar-refractivity contribution in [2.45, 2.75) is 64.5 Å². The summed E-state index contributed by atoms with van der Waals surface area (Å²) in [5.74, 6) is -1.40. The summed E-state index contributed by atoms with van der Waals surface area (Å²) in [5.41, 5.74) is 5.89. The molecule has 5 heteroatoms. The fraction of sp³-hybridized carbons (Fsp3) is 0.857. The van der Waals surface area contributed by atoms with E-state index < -0.39 is 17.9 Å². The van der Waals surface area contributed by atoms with E-state index in [0.29, 0.717) is 6.42 Å². The normalized spacial score (nSPS) is 27.1. The minimum Gasteiger partial charge on any atom is -0.481 e. The van der Waals surface area contributed by atoms with E-state index in [1.807, 2.05) is 13.8 Å². The number of carboxylic acids is 1. The minimum absolute atomic E-state index is 0.106. The lowest BCUT2D eigenvalue weighted by Gasteiger charge is -2.26. The summed E-state index contributed by atoms with van der Waals surface area (Å²) in [5, 5.41) is 12.1. The summed E-state index contributed by atoms with van der Waals surface area (Å²) in [7, 11) is 0. The molecule has 0 spiro atoms. The average molecular weight is 270 g/mol. The maximum absolute atomic E-state index is 12.1. The lowest BCUT2D eigenvalue weighted by molar-refractivity contribution is -0.143. The largest absolute Gasteiger partial charge is 0.481 e. The zero-order valence-corrected chi connectivity index (χ0v) is 11.9. The second kappa shape index (κ2) is 7.48. The molecule has 0 aromatic carbocycles. The Bertz CT molecular complexity index is 320. The van der Waals surface area contributed by atoms with E-state index in [1.54, 1.807) is 0 Å². The summed E-state index contributed by atoms with van der Waals surface area (Å²) >= 11 is 0. The predicted octanol–water partition coefficient (Wildman–Crippen LogP) is 1.51. The fourth-order valence-electron chi connectivity index (χ4n) is 2.57. The molecule has 0 aromatic rings. The van der Waals surface area contributed by atoms with Gasteiger partial charge in [0.15, 0.2) is 0 Å². The number of rotatable bonds is 5. The van der Waals surface area contributed by atoms with Gasteiger partial charge in [-0.3, -0.25) is 9.59 Å². The van der Waals surface area contributed by atoms with Crippen LogP contribution in [0.4, 0.5) is 0 Å². The van der Waals surface area contributed by atoms with E-state index in [1.165, 1.54) is 0 Å². The van der Waals surface area contributed by atoms with E-state index >= 15 is 0 Å². The standard InChI is InChI=1S/C14H26N2O3/c1-3-9(2)12(15)13(17)16-11-8-6-4-5-7-10(11)14(18)19/h9-12H,3-8,15H2,1-2H3,(H,16,17)(H,18,19)/t9-,10?,11?,12-/m0/s1. The molecule has 5 nitrogen and oxygen atoms in total. The zero-order chi connectivity index (χ0) is 14.4. The van der Waals surface area contributed by atoms with Gasteiger partial charge in [0, 0.05) is 6.04 Å². The van der Waals surface area contributed by atoms with Crippen LogP contribution in [-0.2, 0) is 9.59 Å². The Kier molecular flexibility index (Phi) is 6.28. The van der Waals surface area contributed by atoms with Crippen LogP contribution in [0.1, 0.15) is 52.4 Å². The fourth-order valence-corrected chi connectivity index (χ4v) is 2.57. The van der Waals surface area contributed by atoms with Crippen molar-refractivity contribution < 1.29 is 14.7 Å². The molecule has 1 rings (SSSR count). The lowest BCUT2D eigenvalue weighted by Crippen LogP contribution is -2.51. The summed E-state index contributed by atoms with van der Waals surface area (Å²) < 4.78 is 0. The molecule has 0 heterocycles. The molecule has 19 heavy (non-hydrogen) atoms. The Labute approximate surface area is 114 Å². The molecule has 1 aliphatic carbocycles. The molecule has 0 radical (unpaired) electrons. The molecule has 0 saturated heterocycles. The first-order chi connectivity index (χ1) is 8.97. The number of carbonyl (C=O) groups is 2. The van der Waals surface area contributed by atoms with Crippen molar-refractivity contribution in [2.75, 3.05) is 0 Å². The van der Waals surface area contributed by atoms with Crippen molar-refractivity contribution in [3.63, 3.8) is 0 Å². The second-order valence-electron chi connectivity index (χ2n) is 5.61. The van der Waals surface area contributed by atoms with Crippen molar-refractivity contribution in [1.82, 2.24) is 5.32 Å². The van der Waals surface area contributed by atoms with Crippen LogP contribution in [-0.4, -0.2) is 29.1 Å². The van der Waals surface area contributed by atoms with Gasteiger partial charge in [-0.15, -0.1) is 0 Å². The lowest BCUT2D eigenvalue weighted by atomic mass is 9.93. The first kappa shape index (κ1) is 16.0. The maximum atomic E-state index is 12.1. The van der Waals surface area contributed by atoms with Gasteiger partial charge in [0.2, 0.25) is 5.91 Å². The number of nitrogens with one attached hydrogen (secondary N) is 1. The van der Waals surface area contributed by atoms with E-state index in [9.17, 15) is 14.7 Å². The highest BCUT2D eigenvalue weighted by Gasteiger charge is 2.32. The molecule has 0 aromatic heterocycles. The Morgan fingerprint density at radius 2 is 1.95 bits per heavy atom. The van der Waals surface area contributed by atoms with Crippen molar-refractivity contribution in [3.05, 3.63) is 0 Å². The van der Waals surface area contributed by atoms with Crippen LogP contribution >= 0.6 is 0 Å². The van der Waals surface area contributed by atoms with Crippen LogP contribution in [0.2, 0.25) is 0 Å². The monoisotopic (exact) mass is 270 g/mol. The highest BCUT2D eigenvalue weighted by Crippen LogP contribution is 2.24. The molecule has 2 unspecified atom stereocenters. The van der Waals surface area contributed by atoms with Gasteiger partial charge < -0.3 is 16.2 Å². The van der Waals surface area contributed by atoms with Gasteiger partial charge in [-0.2, -0.15) is 0 Å². The molecule has 1 aliphatic rings. The summed E-state index contributed by atoms with van der Waals surface area (Å²) in [6, 6.07) is -0.828. The van der Waals surface area contributed by atoms with Gasteiger partial charge in [0.1, 0.15) is 0 Å². The summed E-state index contributed by atoms with van der Waals surface area (Å²) in [4.78, 5) is 23.3. The SMILES string of the molecule is CC[C@H](C)[C@H](N)C(=O)NC1CCCCCC1C(=O)O. The zero-order valence-electron chi connectivity index (χ0n) is 11.9.